The smallest absolute Gasteiger partial charge is 0.257 e. The molecule has 32 heavy (non-hydrogen) atoms. The second-order valence-electron chi connectivity index (χ2n) is 8.77. The molecule has 0 radical (unpaired) electrons. The number of carbonyl (C=O) groups excluding carboxylic acids is 1. The highest BCUT2D eigenvalue weighted by Gasteiger charge is 2.33. The molecule has 0 N–H and O–H groups in total. The summed E-state index contributed by atoms with van der Waals surface area (Å²) in [5.74, 6) is 0.649. The fourth-order valence-electron chi connectivity index (χ4n) is 4.79. The third kappa shape index (κ3) is 5.10. The molecule has 168 valence electrons. The first-order valence-corrected chi connectivity index (χ1v) is 11.3. The van der Waals surface area contributed by atoms with E-state index in [4.69, 9.17) is 4.42 Å². The zero-order valence-corrected chi connectivity index (χ0v) is 18.8. The van der Waals surface area contributed by atoms with Crippen LogP contribution in [0.1, 0.15) is 40.1 Å². The third-order valence-corrected chi connectivity index (χ3v) is 6.72. The molecule has 1 atom stereocenters. The van der Waals surface area contributed by atoms with Gasteiger partial charge in [0.1, 0.15) is 11.6 Å². The predicted octanol–water partition coefficient (Wildman–Crippen LogP) is 5.32. The van der Waals surface area contributed by atoms with E-state index in [1.165, 1.54) is 11.6 Å². The van der Waals surface area contributed by atoms with Gasteiger partial charge in [0.25, 0.3) is 5.91 Å². The molecule has 4 nitrogen and oxygen atoms in total. The second kappa shape index (κ2) is 10.1. The maximum Gasteiger partial charge on any atom is 0.257 e. The molecule has 1 aromatic heterocycles. The summed E-state index contributed by atoms with van der Waals surface area (Å²) in [6.45, 7) is 4.68. The van der Waals surface area contributed by atoms with Gasteiger partial charge in [-0.15, -0.1) is 0 Å². The Labute approximate surface area is 189 Å². The predicted molar refractivity (Wildman–Crippen MR) is 124 cm³/mol. The van der Waals surface area contributed by atoms with Crippen molar-refractivity contribution in [2.45, 2.75) is 38.8 Å². The van der Waals surface area contributed by atoms with Crippen molar-refractivity contribution in [3.8, 4) is 0 Å². The van der Waals surface area contributed by atoms with E-state index in [1.54, 1.807) is 25.3 Å². The number of nitrogens with zero attached hydrogens (tertiary/aromatic N) is 2. The summed E-state index contributed by atoms with van der Waals surface area (Å²) in [6, 6.07) is 19.0. The van der Waals surface area contributed by atoms with Crippen molar-refractivity contribution in [2.75, 3.05) is 20.1 Å². The number of likely N-dealkylation sites (N-methyl/N-ethyl adjacent to an activating group) is 1. The molecule has 0 aliphatic carbocycles. The summed E-state index contributed by atoms with van der Waals surface area (Å²) in [7, 11) is 1.84. The van der Waals surface area contributed by atoms with Crippen LogP contribution >= 0.6 is 0 Å². The number of furan rings is 1. The summed E-state index contributed by atoms with van der Waals surface area (Å²) in [4.78, 5) is 17.5. The van der Waals surface area contributed by atoms with Crippen molar-refractivity contribution in [2.24, 2.45) is 5.92 Å². The topological polar surface area (TPSA) is 36.7 Å². The minimum absolute atomic E-state index is 0.0655. The Balaban J connectivity index is 1.49. The first kappa shape index (κ1) is 22.3. The van der Waals surface area contributed by atoms with Gasteiger partial charge in [-0.1, -0.05) is 48.5 Å². The lowest BCUT2D eigenvalue weighted by Crippen LogP contribution is -2.47. The highest BCUT2D eigenvalue weighted by molar-refractivity contribution is 5.95. The number of hydrogen-bond donors (Lipinski definition) is 0. The number of piperidine rings is 1. The average molecular weight is 435 g/mol. The molecule has 0 bridgehead atoms. The number of rotatable bonds is 7. The molecule has 2 heterocycles. The third-order valence-electron chi connectivity index (χ3n) is 6.72. The zero-order chi connectivity index (χ0) is 22.5. The lowest BCUT2D eigenvalue weighted by molar-refractivity contribution is 0.0581. The fraction of sp³-hybridized carbons (Fsp3) is 0.370. The number of benzene rings is 2. The summed E-state index contributed by atoms with van der Waals surface area (Å²) < 4.78 is 19.9. The van der Waals surface area contributed by atoms with Crippen LogP contribution in [0.4, 0.5) is 4.39 Å². The summed E-state index contributed by atoms with van der Waals surface area (Å²) in [6.07, 6.45) is 4.02. The van der Waals surface area contributed by atoms with Crippen LogP contribution in [0.2, 0.25) is 0 Å². The molecule has 4 rings (SSSR count). The van der Waals surface area contributed by atoms with Crippen LogP contribution in [-0.4, -0.2) is 41.9 Å². The van der Waals surface area contributed by atoms with Crippen molar-refractivity contribution in [3.05, 3.63) is 95.2 Å². The Bertz CT molecular complexity index is 1020. The van der Waals surface area contributed by atoms with E-state index in [1.807, 2.05) is 30.1 Å². The van der Waals surface area contributed by atoms with Gasteiger partial charge in [0.2, 0.25) is 0 Å². The van der Waals surface area contributed by atoms with Gasteiger partial charge >= 0.3 is 0 Å². The largest absolute Gasteiger partial charge is 0.469 e. The van der Waals surface area contributed by atoms with Gasteiger partial charge in [0.15, 0.2) is 0 Å². The van der Waals surface area contributed by atoms with Crippen LogP contribution in [0.5, 0.6) is 0 Å². The standard InChI is InChI=1S/C27H31FN2O2/c1-20-24(14-17-32-20)27(31)29(2)26(18-23-10-6-7-11-25(23)28)22-12-15-30(16-13-22)19-21-8-4-3-5-9-21/h3-11,14,17,22,26H,12-13,15-16,18-19H2,1-2H3/t26-/m1/s1. The maximum absolute atomic E-state index is 14.5. The highest BCUT2D eigenvalue weighted by atomic mass is 19.1. The first-order valence-electron chi connectivity index (χ1n) is 11.3. The molecule has 2 aromatic carbocycles. The van der Waals surface area contributed by atoms with Crippen LogP contribution in [0.15, 0.2) is 71.3 Å². The summed E-state index contributed by atoms with van der Waals surface area (Å²) in [5.41, 5.74) is 2.55. The highest BCUT2D eigenvalue weighted by Crippen LogP contribution is 2.29. The monoisotopic (exact) mass is 434 g/mol. The van der Waals surface area contributed by atoms with Gasteiger partial charge in [0.05, 0.1) is 11.8 Å². The molecule has 1 saturated heterocycles. The van der Waals surface area contributed by atoms with Crippen molar-refractivity contribution >= 4 is 5.91 Å². The van der Waals surface area contributed by atoms with E-state index in [0.717, 1.165) is 32.5 Å². The van der Waals surface area contributed by atoms with Crippen LogP contribution in [0.25, 0.3) is 0 Å². The van der Waals surface area contributed by atoms with E-state index in [0.29, 0.717) is 29.2 Å². The van der Waals surface area contributed by atoms with Crippen LogP contribution in [0, 0.1) is 18.7 Å². The van der Waals surface area contributed by atoms with Crippen molar-refractivity contribution in [1.29, 1.82) is 0 Å². The molecular weight excluding hydrogens is 403 g/mol. The molecular formula is C27H31FN2O2. The molecule has 1 aliphatic heterocycles. The minimum atomic E-state index is -0.209. The fourth-order valence-corrected chi connectivity index (χ4v) is 4.79. The van der Waals surface area contributed by atoms with Gasteiger partial charge < -0.3 is 9.32 Å². The van der Waals surface area contributed by atoms with Crippen LogP contribution in [-0.2, 0) is 13.0 Å². The molecule has 3 aromatic rings. The lowest BCUT2D eigenvalue weighted by Gasteiger charge is -2.40. The second-order valence-corrected chi connectivity index (χ2v) is 8.77. The molecule has 5 heteroatoms. The Kier molecular flexibility index (Phi) is 7.05. The van der Waals surface area contributed by atoms with Crippen molar-refractivity contribution < 1.29 is 13.6 Å². The van der Waals surface area contributed by atoms with Crippen LogP contribution < -0.4 is 0 Å². The van der Waals surface area contributed by atoms with E-state index < -0.39 is 0 Å². The van der Waals surface area contributed by atoms with Gasteiger partial charge in [-0.25, -0.2) is 4.39 Å². The summed E-state index contributed by atoms with van der Waals surface area (Å²) >= 11 is 0. The Morgan fingerprint density at radius 3 is 2.44 bits per heavy atom. The molecule has 1 aliphatic rings. The number of likely N-dealkylation sites (tertiary alicyclic amines) is 1. The molecule has 1 fully saturated rings. The van der Waals surface area contributed by atoms with Crippen molar-refractivity contribution in [3.63, 3.8) is 0 Å². The van der Waals surface area contributed by atoms with Gasteiger partial charge in [-0.2, -0.15) is 0 Å². The summed E-state index contributed by atoms with van der Waals surface area (Å²) in [5, 5.41) is 0. The Hall–Kier alpha value is -2.92. The Morgan fingerprint density at radius 2 is 1.78 bits per heavy atom. The van der Waals surface area contributed by atoms with Gasteiger partial charge in [0, 0.05) is 19.6 Å². The van der Waals surface area contributed by atoms with Gasteiger partial charge in [-0.05, 0) is 68.5 Å². The van der Waals surface area contributed by atoms with E-state index in [-0.39, 0.29) is 17.8 Å². The quantitative estimate of drug-likeness (QED) is 0.505. The SMILES string of the molecule is Cc1occc1C(=O)N(C)[C@H](Cc1ccccc1F)C1CCN(Cc2ccccc2)CC1. The van der Waals surface area contributed by atoms with Crippen molar-refractivity contribution in [1.82, 2.24) is 9.80 Å². The van der Waals surface area contributed by atoms with Gasteiger partial charge in [-0.3, -0.25) is 9.69 Å². The zero-order valence-electron chi connectivity index (χ0n) is 18.8. The van der Waals surface area contributed by atoms with E-state index in [9.17, 15) is 9.18 Å². The number of carbonyl (C=O) groups is 1. The molecule has 0 unspecified atom stereocenters. The number of amides is 1. The molecule has 1 amide bonds. The lowest BCUT2D eigenvalue weighted by atomic mass is 9.84. The maximum atomic E-state index is 14.5. The Morgan fingerprint density at radius 1 is 1.09 bits per heavy atom. The first-order chi connectivity index (χ1) is 15.5. The average Bonchev–Trinajstić information content (AvgIpc) is 3.25. The molecule has 0 spiro atoms. The number of aryl methyl sites for hydroxylation is 1. The number of halogens is 1. The van der Waals surface area contributed by atoms with Crippen LogP contribution in [0.3, 0.4) is 0 Å². The molecule has 0 saturated carbocycles. The van der Waals surface area contributed by atoms with E-state index >= 15 is 0 Å². The minimum Gasteiger partial charge on any atom is -0.469 e. The number of hydrogen-bond acceptors (Lipinski definition) is 3. The normalized spacial score (nSPS) is 16.1. The van der Waals surface area contributed by atoms with E-state index in [2.05, 4.69) is 29.2 Å².